The van der Waals surface area contributed by atoms with Crippen LogP contribution in [0.5, 0.6) is 0 Å². The van der Waals surface area contributed by atoms with Crippen LogP contribution in [0.25, 0.3) is 87.6 Å². The van der Waals surface area contributed by atoms with Crippen molar-refractivity contribution in [2.75, 3.05) is 0 Å². The van der Waals surface area contributed by atoms with Crippen LogP contribution in [-0.2, 0) is 0 Å². The number of hydrogen-bond acceptors (Lipinski definition) is 0. The lowest BCUT2D eigenvalue weighted by molar-refractivity contribution is 1.60. The van der Waals surface area contributed by atoms with E-state index in [1.54, 1.807) is 0 Å². The SMILES string of the molecule is c1ccc(-c2cccc(-c3cccc4c(-c5ccc6ccccc6c5)c5ccccc5c(-c5ccc6ccccc6c5)c34)c2)cc1. The van der Waals surface area contributed by atoms with Crippen molar-refractivity contribution in [1.29, 1.82) is 0 Å². The molecule has 0 aliphatic rings. The Labute approximate surface area is 268 Å². The Balaban J connectivity index is 1.42. The minimum absolute atomic E-state index is 1.22. The lowest BCUT2D eigenvalue weighted by Gasteiger charge is -2.21. The summed E-state index contributed by atoms with van der Waals surface area (Å²) in [7, 11) is 0. The number of fused-ring (bicyclic) bond motifs is 4. The summed E-state index contributed by atoms with van der Waals surface area (Å²) in [5.41, 5.74) is 9.93. The first kappa shape index (κ1) is 26.4. The molecule has 0 unspecified atom stereocenters. The molecular weight excluding hydrogens is 553 g/mol. The van der Waals surface area contributed by atoms with E-state index in [9.17, 15) is 0 Å². The van der Waals surface area contributed by atoms with Crippen LogP contribution in [0.4, 0.5) is 0 Å². The summed E-state index contributed by atoms with van der Waals surface area (Å²) in [6, 6.07) is 66.6. The molecule has 0 aliphatic heterocycles. The molecule has 46 heavy (non-hydrogen) atoms. The first-order valence-electron chi connectivity index (χ1n) is 15.9. The van der Waals surface area contributed by atoms with Crippen LogP contribution in [0.1, 0.15) is 0 Å². The molecule has 0 nitrogen and oxygen atoms in total. The zero-order valence-electron chi connectivity index (χ0n) is 25.3. The van der Waals surface area contributed by atoms with Gasteiger partial charge in [0.15, 0.2) is 0 Å². The highest BCUT2D eigenvalue weighted by atomic mass is 14.2. The monoisotopic (exact) mass is 582 g/mol. The summed E-state index contributed by atoms with van der Waals surface area (Å²) in [6.07, 6.45) is 0. The zero-order valence-corrected chi connectivity index (χ0v) is 25.3. The molecule has 0 N–H and O–H groups in total. The van der Waals surface area contributed by atoms with E-state index in [-0.39, 0.29) is 0 Å². The molecule has 0 atom stereocenters. The van der Waals surface area contributed by atoms with Gasteiger partial charge in [0, 0.05) is 0 Å². The van der Waals surface area contributed by atoms with Crippen molar-refractivity contribution in [3.05, 3.63) is 182 Å². The van der Waals surface area contributed by atoms with Crippen LogP contribution < -0.4 is 0 Å². The van der Waals surface area contributed by atoms with Crippen LogP contribution >= 0.6 is 0 Å². The average Bonchev–Trinajstić information content (AvgIpc) is 3.13. The molecular formula is C46H30. The Kier molecular flexibility index (Phi) is 6.25. The maximum Gasteiger partial charge on any atom is -0.00141 e. The van der Waals surface area contributed by atoms with Gasteiger partial charge in [0.25, 0.3) is 0 Å². The van der Waals surface area contributed by atoms with Gasteiger partial charge in [0.1, 0.15) is 0 Å². The molecule has 0 saturated carbocycles. The molecule has 0 fully saturated rings. The molecule has 214 valence electrons. The maximum atomic E-state index is 2.36. The number of hydrogen-bond donors (Lipinski definition) is 0. The van der Waals surface area contributed by atoms with Gasteiger partial charge in [-0.3, -0.25) is 0 Å². The van der Waals surface area contributed by atoms with E-state index in [0.717, 1.165) is 0 Å². The van der Waals surface area contributed by atoms with E-state index in [2.05, 4.69) is 182 Å². The van der Waals surface area contributed by atoms with Gasteiger partial charge in [-0.25, -0.2) is 0 Å². The third kappa shape index (κ3) is 4.38. The first-order valence-corrected chi connectivity index (χ1v) is 15.9. The number of rotatable bonds is 4. The molecule has 0 saturated heterocycles. The summed E-state index contributed by atoms with van der Waals surface area (Å²) < 4.78 is 0. The quantitative estimate of drug-likeness (QED) is 0.181. The first-order chi connectivity index (χ1) is 22.8. The second kappa shape index (κ2) is 10.9. The predicted molar refractivity (Wildman–Crippen MR) is 198 cm³/mol. The van der Waals surface area contributed by atoms with E-state index in [1.165, 1.54) is 87.6 Å². The van der Waals surface area contributed by atoms with Gasteiger partial charge in [-0.2, -0.15) is 0 Å². The molecule has 0 radical (unpaired) electrons. The lowest BCUT2D eigenvalue weighted by Crippen LogP contribution is -1.93. The number of benzene rings is 9. The van der Waals surface area contributed by atoms with E-state index < -0.39 is 0 Å². The second-order valence-corrected chi connectivity index (χ2v) is 12.1. The van der Waals surface area contributed by atoms with Crippen LogP contribution in [0.2, 0.25) is 0 Å². The normalized spacial score (nSPS) is 11.5. The third-order valence-corrected chi connectivity index (χ3v) is 9.41. The summed E-state index contributed by atoms with van der Waals surface area (Å²) in [4.78, 5) is 0. The Morgan fingerprint density at radius 3 is 1.43 bits per heavy atom. The third-order valence-electron chi connectivity index (χ3n) is 9.41. The standard InChI is InChI=1S/C46H30/c1-2-12-31(13-3-1)36-18-10-19-37(28-36)40-22-11-23-43-44(38-26-24-32-14-4-6-16-34(32)29-38)41-20-8-9-21-42(41)45(46(40)43)39-27-25-33-15-5-7-17-35(33)30-39/h1-30H. The summed E-state index contributed by atoms with van der Waals surface area (Å²) in [5.74, 6) is 0. The van der Waals surface area contributed by atoms with Crippen LogP contribution in [0.15, 0.2) is 182 Å². The van der Waals surface area contributed by atoms with Gasteiger partial charge >= 0.3 is 0 Å². The Morgan fingerprint density at radius 2 is 0.739 bits per heavy atom. The van der Waals surface area contributed by atoms with Gasteiger partial charge < -0.3 is 0 Å². The maximum absolute atomic E-state index is 2.36. The van der Waals surface area contributed by atoms with Crippen LogP contribution in [0.3, 0.4) is 0 Å². The Bertz CT molecular complexity index is 2570. The molecule has 9 aromatic rings. The molecule has 0 heterocycles. The van der Waals surface area contributed by atoms with E-state index in [1.807, 2.05) is 0 Å². The zero-order chi connectivity index (χ0) is 30.5. The molecule has 0 heteroatoms. The van der Waals surface area contributed by atoms with E-state index in [0.29, 0.717) is 0 Å². The smallest absolute Gasteiger partial charge is 0.00141 e. The van der Waals surface area contributed by atoms with Gasteiger partial charge in [0.05, 0.1) is 0 Å². The van der Waals surface area contributed by atoms with Crippen LogP contribution in [-0.4, -0.2) is 0 Å². The molecule has 0 amide bonds. The van der Waals surface area contributed by atoms with Gasteiger partial charge in [-0.15, -0.1) is 0 Å². The van der Waals surface area contributed by atoms with Gasteiger partial charge in [-0.05, 0) is 106 Å². The molecule has 0 spiro atoms. The molecule has 0 aromatic heterocycles. The predicted octanol–water partition coefficient (Wildman–Crippen LogP) is 13.0. The summed E-state index contributed by atoms with van der Waals surface area (Å²) in [6.45, 7) is 0. The highest BCUT2D eigenvalue weighted by Gasteiger charge is 2.20. The van der Waals surface area contributed by atoms with E-state index >= 15 is 0 Å². The van der Waals surface area contributed by atoms with Crippen molar-refractivity contribution in [2.24, 2.45) is 0 Å². The molecule has 0 aliphatic carbocycles. The minimum atomic E-state index is 1.22. The highest BCUT2D eigenvalue weighted by molar-refractivity contribution is 6.25. The lowest BCUT2D eigenvalue weighted by atomic mass is 9.82. The van der Waals surface area contributed by atoms with Gasteiger partial charge in [0.2, 0.25) is 0 Å². The van der Waals surface area contributed by atoms with Crippen molar-refractivity contribution in [2.45, 2.75) is 0 Å². The molecule has 9 rings (SSSR count). The van der Waals surface area contributed by atoms with Crippen molar-refractivity contribution < 1.29 is 0 Å². The van der Waals surface area contributed by atoms with Crippen molar-refractivity contribution in [3.63, 3.8) is 0 Å². The van der Waals surface area contributed by atoms with Crippen molar-refractivity contribution in [3.8, 4) is 44.5 Å². The van der Waals surface area contributed by atoms with Crippen molar-refractivity contribution in [1.82, 2.24) is 0 Å². The van der Waals surface area contributed by atoms with Crippen molar-refractivity contribution >= 4 is 43.1 Å². The topological polar surface area (TPSA) is 0 Å². The fraction of sp³-hybridized carbons (Fsp3) is 0. The van der Waals surface area contributed by atoms with E-state index in [4.69, 9.17) is 0 Å². The molecule has 0 bridgehead atoms. The largest absolute Gasteiger partial charge is 0.0622 e. The fourth-order valence-electron chi connectivity index (χ4n) is 7.27. The fourth-order valence-corrected chi connectivity index (χ4v) is 7.27. The van der Waals surface area contributed by atoms with Crippen LogP contribution in [0, 0.1) is 0 Å². The minimum Gasteiger partial charge on any atom is -0.0622 e. The average molecular weight is 583 g/mol. The Hall–Kier alpha value is -5.98. The summed E-state index contributed by atoms with van der Waals surface area (Å²) in [5, 5.41) is 10.1. The van der Waals surface area contributed by atoms with Gasteiger partial charge in [-0.1, -0.05) is 164 Å². The second-order valence-electron chi connectivity index (χ2n) is 12.1. The highest BCUT2D eigenvalue weighted by Crippen LogP contribution is 2.48. The Morgan fingerprint density at radius 1 is 0.239 bits per heavy atom. The summed E-state index contributed by atoms with van der Waals surface area (Å²) >= 11 is 0. The molecule has 9 aromatic carbocycles.